The van der Waals surface area contributed by atoms with Crippen molar-refractivity contribution >= 4 is 22.9 Å². The topological polar surface area (TPSA) is 56.3 Å². The van der Waals surface area contributed by atoms with Crippen LogP contribution < -0.4 is 4.74 Å². The van der Waals surface area contributed by atoms with Crippen LogP contribution in [0.25, 0.3) is 10.6 Å². The highest BCUT2D eigenvalue weighted by molar-refractivity contribution is 7.15. The minimum absolute atomic E-state index is 0.0538. The van der Waals surface area contributed by atoms with E-state index in [-0.39, 0.29) is 18.0 Å². The molecule has 0 fully saturated rings. The van der Waals surface area contributed by atoms with Crippen molar-refractivity contribution in [3.8, 4) is 16.3 Å². The van der Waals surface area contributed by atoms with Gasteiger partial charge < -0.3 is 4.74 Å². The van der Waals surface area contributed by atoms with Crippen LogP contribution in [0.1, 0.15) is 91.9 Å². The molecule has 2 aromatic carbocycles. The molecule has 4 nitrogen and oxygen atoms in total. The van der Waals surface area contributed by atoms with Crippen LogP contribution in [0.4, 0.5) is 13.2 Å². The van der Waals surface area contributed by atoms with E-state index in [4.69, 9.17) is 9.72 Å². The maximum absolute atomic E-state index is 13.2. The molecule has 1 aromatic heterocycles. The zero-order valence-corrected chi connectivity index (χ0v) is 24.0. The first-order chi connectivity index (χ1) is 18.3. The number of alkyl halides is 3. The van der Waals surface area contributed by atoms with E-state index >= 15 is 0 Å². The number of rotatable bonds is 13. The first-order valence-corrected chi connectivity index (χ1v) is 14.1. The monoisotopic (exact) mass is 559 g/mol. The number of aryl methyl sites for hydroxylation is 3. The molecule has 0 saturated carbocycles. The minimum atomic E-state index is -4.39. The summed E-state index contributed by atoms with van der Waals surface area (Å²) < 4.78 is 44.9. The number of ether oxygens (including phenoxy) is 1. The summed E-state index contributed by atoms with van der Waals surface area (Å²) in [7, 11) is 0. The Labute approximate surface area is 232 Å². The molecule has 3 aromatic rings. The fraction of sp³-hybridized carbons (Fsp3) is 0.452. The molecule has 210 valence electrons. The number of benzene rings is 2. The third-order valence-corrected chi connectivity index (χ3v) is 8.01. The first-order valence-electron chi connectivity index (χ1n) is 13.3. The lowest BCUT2D eigenvalue weighted by Gasteiger charge is -2.24. The number of hydrogen-bond donors (Lipinski definition) is 0. The van der Waals surface area contributed by atoms with Crippen LogP contribution in [0, 0.1) is 6.92 Å². The molecule has 0 aliphatic rings. The number of nitrogens with zero attached hydrogens (tertiary/aromatic N) is 1. The second-order valence-corrected chi connectivity index (χ2v) is 11.4. The Morgan fingerprint density at radius 2 is 1.67 bits per heavy atom. The third-order valence-electron chi connectivity index (χ3n) is 6.81. The smallest absolute Gasteiger partial charge is 0.416 e. The van der Waals surface area contributed by atoms with E-state index in [1.165, 1.54) is 30.4 Å². The molecule has 0 atom stereocenters. The van der Waals surface area contributed by atoms with Crippen LogP contribution in [0.3, 0.4) is 0 Å². The van der Waals surface area contributed by atoms with Gasteiger partial charge in [-0.05, 0) is 70.7 Å². The van der Waals surface area contributed by atoms with E-state index in [1.54, 1.807) is 26.0 Å². The van der Waals surface area contributed by atoms with Crippen molar-refractivity contribution in [3.05, 3.63) is 69.7 Å². The third kappa shape index (κ3) is 8.24. The van der Waals surface area contributed by atoms with Crippen molar-refractivity contribution in [3.63, 3.8) is 0 Å². The van der Waals surface area contributed by atoms with Gasteiger partial charge in [-0.2, -0.15) is 13.2 Å². The molecule has 0 bridgehead atoms. The fourth-order valence-electron chi connectivity index (χ4n) is 4.02. The second kappa shape index (κ2) is 12.9. The lowest BCUT2D eigenvalue weighted by molar-refractivity contribution is -0.137. The molecule has 0 saturated heterocycles. The number of ketones is 2. The molecule has 3 rings (SSSR count). The molecule has 0 radical (unpaired) electrons. The SMILES string of the molecule is CCCCCCc1nc(-c2ccc(C(F)(F)F)cc2)sc1CCC(=O)c1ccc(C)c(OC(C)(C)C(C)=O)c1. The first kappa shape index (κ1) is 30.5. The summed E-state index contributed by atoms with van der Waals surface area (Å²) in [5.74, 6) is 0.334. The van der Waals surface area contributed by atoms with Crippen molar-refractivity contribution in [1.29, 1.82) is 0 Å². The number of halogens is 3. The number of unbranched alkanes of at least 4 members (excludes halogenated alkanes) is 3. The summed E-state index contributed by atoms with van der Waals surface area (Å²) in [6.07, 6.45) is 1.41. The Hall–Kier alpha value is -3.00. The quantitative estimate of drug-likeness (QED) is 0.155. The average molecular weight is 560 g/mol. The zero-order valence-electron chi connectivity index (χ0n) is 23.2. The average Bonchev–Trinajstić information content (AvgIpc) is 3.28. The summed E-state index contributed by atoms with van der Waals surface area (Å²) in [6, 6.07) is 10.3. The standard InChI is InChI=1S/C31H36F3NO3S/c1-6-7-8-9-10-25-28(39-29(35-25)22-13-15-24(16-14-22)31(32,33)34)18-17-26(37)23-12-11-20(2)27(19-23)38-30(4,5)21(3)36/h11-16,19H,6-10,17-18H2,1-5H3. The van der Waals surface area contributed by atoms with Crippen molar-refractivity contribution in [2.75, 3.05) is 0 Å². The van der Waals surface area contributed by atoms with Crippen molar-refractivity contribution in [1.82, 2.24) is 4.98 Å². The number of aromatic nitrogens is 1. The van der Waals surface area contributed by atoms with E-state index in [9.17, 15) is 22.8 Å². The van der Waals surface area contributed by atoms with Crippen molar-refractivity contribution < 1.29 is 27.5 Å². The lowest BCUT2D eigenvalue weighted by Crippen LogP contribution is -2.36. The molecule has 8 heteroatoms. The molecule has 0 aliphatic carbocycles. The summed E-state index contributed by atoms with van der Waals surface area (Å²) >= 11 is 1.44. The maximum Gasteiger partial charge on any atom is 0.416 e. The highest BCUT2D eigenvalue weighted by Crippen LogP contribution is 2.34. The van der Waals surface area contributed by atoms with Gasteiger partial charge in [-0.25, -0.2) is 4.98 Å². The van der Waals surface area contributed by atoms with Gasteiger partial charge in [0.05, 0.1) is 11.3 Å². The Morgan fingerprint density at radius 3 is 2.28 bits per heavy atom. The maximum atomic E-state index is 13.2. The molecule has 1 heterocycles. The molecule has 39 heavy (non-hydrogen) atoms. The minimum Gasteiger partial charge on any atom is -0.480 e. The Kier molecular flexibility index (Phi) is 10.1. The van der Waals surface area contributed by atoms with E-state index in [0.29, 0.717) is 28.3 Å². The van der Waals surface area contributed by atoms with Gasteiger partial charge in [-0.1, -0.05) is 50.5 Å². The number of thiazole rings is 1. The summed E-state index contributed by atoms with van der Waals surface area (Å²) in [6.45, 7) is 8.88. The highest BCUT2D eigenvalue weighted by Gasteiger charge is 2.30. The van der Waals surface area contributed by atoms with Crippen molar-refractivity contribution in [2.45, 2.75) is 91.3 Å². The number of hydrogen-bond acceptors (Lipinski definition) is 5. The molecule has 0 N–H and O–H groups in total. The van der Waals surface area contributed by atoms with Gasteiger partial charge in [-0.3, -0.25) is 9.59 Å². The molecule has 0 spiro atoms. The Balaban J connectivity index is 1.79. The van der Waals surface area contributed by atoms with Gasteiger partial charge in [0.15, 0.2) is 17.2 Å². The van der Waals surface area contributed by atoms with Gasteiger partial charge in [0.2, 0.25) is 0 Å². The predicted octanol–water partition coefficient (Wildman–Crippen LogP) is 8.82. The van der Waals surface area contributed by atoms with Crippen LogP contribution in [-0.4, -0.2) is 22.2 Å². The summed E-state index contributed by atoms with van der Waals surface area (Å²) in [5.41, 5.74) is 1.19. The largest absolute Gasteiger partial charge is 0.480 e. The number of carbonyl (C=O) groups excluding carboxylic acids is 2. The predicted molar refractivity (Wildman–Crippen MR) is 150 cm³/mol. The second-order valence-electron chi connectivity index (χ2n) is 10.3. The summed E-state index contributed by atoms with van der Waals surface area (Å²) in [4.78, 5) is 30.8. The molecule has 0 amide bonds. The van der Waals surface area contributed by atoms with Gasteiger partial charge in [0, 0.05) is 22.4 Å². The number of carbonyl (C=O) groups is 2. The van der Waals surface area contributed by atoms with E-state index < -0.39 is 17.3 Å². The van der Waals surface area contributed by atoms with Crippen LogP contribution in [0.2, 0.25) is 0 Å². The van der Waals surface area contributed by atoms with Gasteiger partial charge >= 0.3 is 6.18 Å². The van der Waals surface area contributed by atoms with Crippen LogP contribution in [0.15, 0.2) is 42.5 Å². The Bertz CT molecular complexity index is 1290. The zero-order chi connectivity index (χ0) is 28.8. The van der Waals surface area contributed by atoms with E-state index in [1.807, 2.05) is 13.0 Å². The molecule has 0 unspecified atom stereocenters. The van der Waals surface area contributed by atoms with Gasteiger partial charge in [0.1, 0.15) is 10.8 Å². The lowest BCUT2D eigenvalue weighted by atomic mass is 10.0. The van der Waals surface area contributed by atoms with E-state index in [0.717, 1.165) is 60.4 Å². The fourth-order valence-corrected chi connectivity index (χ4v) is 5.13. The normalized spacial score (nSPS) is 12.0. The molecule has 0 aliphatic heterocycles. The van der Waals surface area contributed by atoms with E-state index in [2.05, 4.69) is 6.92 Å². The van der Waals surface area contributed by atoms with Crippen LogP contribution in [0.5, 0.6) is 5.75 Å². The molecular weight excluding hydrogens is 523 g/mol. The van der Waals surface area contributed by atoms with Gasteiger partial charge in [-0.15, -0.1) is 11.3 Å². The van der Waals surface area contributed by atoms with Crippen LogP contribution >= 0.6 is 11.3 Å². The van der Waals surface area contributed by atoms with Crippen molar-refractivity contribution in [2.24, 2.45) is 0 Å². The Morgan fingerprint density at radius 1 is 0.974 bits per heavy atom. The van der Waals surface area contributed by atoms with Gasteiger partial charge in [0.25, 0.3) is 0 Å². The number of Topliss-reactive ketones (excluding diaryl/α,β-unsaturated/α-hetero) is 2. The summed E-state index contributed by atoms with van der Waals surface area (Å²) in [5, 5.41) is 0.661. The highest BCUT2D eigenvalue weighted by atomic mass is 32.1. The molecular formula is C31H36F3NO3S. The van der Waals surface area contributed by atoms with Crippen LogP contribution in [-0.2, 0) is 23.8 Å².